The number of aromatic nitrogens is 1. The molecule has 33 heavy (non-hydrogen) atoms. The first-order valence-electron chi connectivity index (χ1n) is 11.9. The number of pyridine rings is 1. The number of aliphatic hydroxyl groups is 1. The summed E-state index contributed by atoms with van der Waals surface area (Å²) in [6, 6.07) is 14.2. The highest BCUT2D eigenvalue weighted by Crippen LogP contribution is 2.35. The Labute approximate surface area is 210 Å². The van der Waals surface area contributed by atoms with E-state index in [1.54, 1.807) is 0 Å². The van der Waals surface area contributed by atoms with Crippen molar-refractivity contribution in [1.29, 1.82) is 0 Å². The zero-order valence-corrected chi connectivity index (χ0v) is 22.2. The third kappa shape index (κ3) is 6.93. The fraction of sp³-hybridized carbons (Fsp3) is 0.464. The van der Waals surface area contributed by atoms with Crippen molar-refractivity contribution in [3.8, 4) is 11.3 Å². The molecule has 1 atom stereocenters. The number of hydrogen-bond acceptors (Lipinski definition) is 3. The molecule has 1 unspecified atom stereocenters. The molecule has 3 nitrogen and oxygen atoms in total. The second-order valence-electron chi connectivity index (χ2n) is 9.30. The highest BCUT2D eigenvalue weighted by atomic mass is 35.5. The van der Waals surface area contributed by atoms with Crippen LogP contribution in [0.25, 0.3) is 22.2 Å². The van der Waals surface area contributed by atoms with Crippen molar-refractivity contribution in [3.63, 3.8) is 0 Å². The van der Waals surface area contributed by atoms with Gasteiger partial charge in [-0.3, -0.25) is 0 Å². The van der Waals surface area contributed by atoms with E-state index in [0.29, 0.717) is 11.6 Å². The van der Waals surface area contributed by atoms with Crippen LogP contribution in [0.15, 0.2) is 42.5 Å². The molecular formula is C28H38Cl2N2O. The van der Waals surface area contributed by atoms with E-state index in [4.69, 9.17) is 16.6 Å². The van der Waals surface area contributed by atoms with Crippen LogP contribution in [0.1, 0.15) is 63.1 Å². The number of hydrogen-bond donors (Lipinski definition) is 1. The van der Waals surface area contributed by atoms with Gasteiger partial charge >= 0.3 is 0 Å². The minimum absolute atomic E-state index is 0. The molecule has 3 rings (SSSR count). The van der Waals surface area contributed by atoms with Crippen molar-refractivity contribution in [1.82, 2.24) is 9.88 Å². The predicted molar refractivity (Wildman–Crippen MR) is 145 cm³/mol. The van der Waals surface area contributed by atoms with Crippen LogP contribution < -0.4 is 0 Å². The van der Waals surface area contributed by atoms with Gasteiger partial charge in [-0.25, -0.2) is 4.98 Å². The number of halogens is 2. The van der Waals surface area contributed by atoms with Gasteiger partial charge in [0.2, 0.25) is 0 Å². The lowest BCUT2D eigenvalue weighted by atomic mass is 9.89. The van der Waals surface area contributed by atoms with Gasteiger partial charge in [0.1, 0.15) is 5.60 Å². The number of nitrogens with zero attached hydrogens (tertiary/aromatic N) is 2. The van der Waals surface area contributed by atoms with Crippen LogP contribution in [0, 0.1) is 13.8 Å². The van der Waals surface area contributed by atoms with E-state index in [1.807, 2.05) is 31.2 Å². The largest absolute Gasteiger partial charge is 0.384 e. The van der Waals surface area contributed by atoms with Crippen molar-refractivity contribution in [2.75, 3.05) is 19.6 Å². The van der Waals surface area contributed by atoms with E-state index >= 15 is 0 Å². The Bertz CT molecular complexity index is 1040. The highest BCUT2D eigenvalue weighted by Gasteiger charge is 2.29. The maximum absolute atomic E-state index is 11.9. The number of benzene rings is 2. The summed E-state index contributed by atoms with van der Waals surface area (Å²) in [5, 5.41) is 13.6. The first kappa shape index (κ1) is 27.6. The van der Waals surface area contributed by atoms with Crippen LogP contribution in [-0.2, 0) is 5.60 Å². The minimum Gasteiger partial charge on any atom is -0.384 e. The lowest BCUT2D eigenvalue weighted by molar-refractivity contribution is 0.0162. The summed E-state index contributed by atoms with van der Waals surface area (Å²) in [7, 11) is 0. The van der Waals surface area contributed by atoms with Crippen LogP contribution in [0.5, 0.6) is 0 Å². The first-order chi connectivity index (χ1) is 15.2. The molecule has 3 aromatic rings. The Morgan fingerprint density at radius 3 is 2.15 bits per heavy atom. The second kappa shape index (κ2) is 12.2. The van der Waals surface area contributed by atoms with E-state index in [0.717, 1.165) is 72.1 Å². The van der Waals surface area contributed by atoms with Gasteiger partial charge in [0, 0.05) is 22.5 Å². The molecule has 2 aromatic carbocycles. The average Bonchev–Trinajstić information content (AvgIpc) is 2.75. The Kier molecular flexibility index (Phi) is 10.2. The minimum atomic E-state index is -0.996. The second-order valence-corrected chi connectivity index (χ2v) is 9.73. The van der Waals surface area contributed by atoms with Crippen LogP contribution in [-0.4, -0.2) is 34.6 Å². The molecule has 1 heterocycles. The van der Waals surface area contributed by atoms with Gasteiger partial charge in [-0.15, -0.1) is 12.4 Å². The monoisotopic (exact) mass is 488 g/mol. The molecule has 0 spiro atoms. The fourth-order valence-corrected chi connectivity index (χ4v) is 4.57. The molecule has 1 aromatic heterocycles. The molecule has 5 heteroatoms. The zero-order valence-electron chi connectivity index (χ0n) is 20.6. The van der Waals surface area contributed by atoms with E-state index in [-0.39, 0.29) is 12.4 Å². The summed E-state index contributed by atoms with van der Waals surface area (Å²) in [5.41, 5.74) is 5.07. The quantitative estimate of drug-likeness (QED) is 0.317. The van der Waals surface area contributed by atoms with Gasteiger partial charge in [-0.2, -0.15) is 0 Å². The van der Waals surface area contributed by atoms with Gasteiger partial charge in [-0.1, -0.05) is 62.1 Å². The fourth-order valence-electron chi connectivity index (χ4n) is 4.45. The van der Waals surface area contributed by atoms with Gasteiger partial charge in [0.25, 0.3) is 0 Å². The molecule has 0 saturated carbocycles. The molecule has 0 bridgehead atoms. The standard InChI is InChI=1S/C28H37ClN2O.ClH/c1-6-8-14-31(15-9-7-2)19-28(5,32)25-18-26(22-10-12-23(29)13-11-22)30-27-21(4)16-20(3)17-24(25)27;/h10-13,16-18,32H,6-9,14-15,19H2,1-5H3;1H. The summed E-state index contributed by atoms with van der Waals surface area (Å²) in [6.07, 6.45) is 4.60. The Hall–Kier alpha value is -1.65. The molecule has 0 aliphatic carbocycles. The lowest BCUT2D eigenvalue weighted by Crippen LogP contribution is -2.40. The molecule has 1 N–H and O–H groups in total. The Morgan fingerprint density at radius 2 is 1.58 bits per heavy atom. The van der Waals surface area contributed by atoms with Gasteiger partial charge in [0.05, 0.1) is 11.2 Å². The molecule has 0 fully saturated rings. The molecule has 0 aliphatic rings. The number of fused-ring (bicyclic) bond motifs is 1. The molecule has 0 amide bonds. The predicted octanol–water partition coefficient (Wildman–Crippen LogP) is 7.70. The summed E-state index contributed by atoms with van der Waals surface area (Å²) < 4.78 is 0. The van der Waals surface area contributed by atoms with Crippen LogP contribution >= 0.6 is 24.0 Å². The van der Waals surface area contributed by atoms with Crippen molar-refractivity contribution in [2.45, 2.75) is 65.9 Å². The maximum atomic E-state index is 11.9. The normalized spacial score (nSPS) is 13.2. The van der Waals surface area contributed by atoms with Crippen molar-refractivity contribution in [3.05, 3.63) is 64.2 Å². The number of rotatable bonds is 10. The molecule has 0 saturated heterocycles. The summed E-state index contributed by atoms with van der Waals surface area (Å²) in [4.78, 5) is 7.42. The topological polar surface area (TPSA) is 36.4 Å². The van der Waals surface area contributed by atoms with E-state index in [9.17, 15) is 5.11 Å². The van der Waals surface area contributed by atoms with E-state index in [2.05, 4.69) is 50.8 Å². The van der Waals surface area contributed by atoms with Gasteiger partial charge in [-0.05, 0) is 82.1 Å². The number of unbranched alkanes of at least 4 members (excludes halogenated alkanes) is 2. The third-order valence-corrected chi connectivity index (χ3v) is 6.41. The van der Waals surface area contributed by atoms with Gasteiger partial charge < -0.3 is 10.0 Å². The molecule has 180 valence electrons. The van der Waals surface area contributed by atoms with Crippen molar-refractivity contribution >= 4 is 34.9 Å². The van der Waals surface area contributed by atoms with Crippen molar-refractivity contribution in [2.24, 2.45) is 0 Å². The average molecular weight is 490 g/mol. The molecule has 0 aliphatic heterocycles. The highest BCUT2D eigenvalue weighted by molar-refractivity contribution is 6.30. The van der Waals surface area contributed by atoms with Gasteiger partial charge in [0.15, 0.2) is 0 Å². The van der Waals surface area contributed by atoms with E-state index < -0.39 is 5.60 Å². The summed E-state index contributed by atoms with van der Waals surface area (Å²) in [6.45, 7) is 13.2. The first-order valence-corrected chi connectivity index (χ1v) is 12.3. The Morgan fingerprint density at radius 1 is 0.970 bits per heavy atom. The third-order valence-electron chi connectivity index (χ3n) is 6.16. The smallest absolute Gasteiger partial charge is 0.100 e. The molecule has 0 radical (unpaired) electrons. The zero-order chi connectivity index (χ0) is 23.3. The van der Waals surface area contributed by atoms with E-state index in [1.165, 1.54) is 5.56 Å². The Balaban J connectivity index is 0.00000385. The summed E-state index contributed by atoms with van der Waals surface area (Å²) in [5.74, 6) is 0. The maximum Gasteiger partial charge on any atom is 0.100 e. The summed E-state index contributed by atoms with van der Waals surface area (Å²) >= 11 is 6.12. The van der Waals surface area contributed by atoms with Crippen LogP contribution in [0.4, 0.5) is 0 Å². The lowest BCUT2D eigenvalue weighted by Gasteiger charge is -2.33. The van der Waals surface area contributed by atoms with Crippen LogP contribution in [0.2, 0.25) is 5.02 Å². The molecular weight excluding hydrogens is 451 g/mol. The number of aryl methyl sites for hydroxylation is 2. The SMILES string of the molecule is CCCCN(CCCC)CC(C)(O)c1cc(-c2ccc(Cl)cc2)nc2c(C)cc(C)cc12.Cl. The van der Waals surface area contributed by atoms with Crippen molar-refractivity contribution < 1.29 is 5.11 Å². The van der Waals surface area contributed by atoms with Crippen LogP contribution in [0.3, 0.4) is 0 Å².